The molecule has 2 rings (SSSR count). The molecular weight excluding hydrogens is 196 g/mol. The zero-order valence-corrected chi connectivity index (χ0v) is 11.4. The molecule has 0 radical (unpaired) electrons. The molecule has 1 saturated heterocycles. The first-order valence-corrected chi connectivity index (χ1v) is 7.01. The van der Waals surface area contributed by atoms with Crippen LogP contribution in [0.2, 0.25) is 0 Å². The van der Waals surface area contributed by atoms with Gasteiger partial charge in [0.25, 0.3) is 0 Å². The monoisotopic (exact) mass is 224 g/mol. The highest BCUT2D eigenvalue weighted by atomic mass is 15.3. The van der Waals surface area contributed by atoms with Gasteiger partial charge in [-0.25, -0.2) is 0 Å². The molecule has 16 heavy (non-hydrogen) atoms. The van der Waals surface area contributed by atoms with Gasteiger partial charge in [0.1, 0.15) is 0 Å². The Hall–Kier alpha value is -0.0800. The van der Waals surface area contributed by atoms with Crippen LogP contribution >= 0.6 is 0 Å². The summed E-state index contributed by atoms with van der Waals surface area (Å²) in [6.45, 7) is 11.8. The van der Waals surface area contributed by atoms with Gasteiger partial charge >= 0.3 is 0 Å². The van der Waals surface area contributed by atoms with Crippen molar-refractivity contribution in [3.8, 4) is 0 Å². The summed E-state index contributed by atoms with van der Waals surface area (Å²) in [5, 5.41) is 3.77. The molecule has 0 bridgehead atoms. The van der Waals surface area contributed by atoms with Gasteiger partial charge in [-0.1, -0.05) is 20.8 Å². The van der Waals surface area contributed by atoms with Crippen molar-refractivity contribution in [2.75, 3.05) is 13.1 Å². The van der Waals surface area contributed by atoms with Gasteiger partial charge in [-0.3, -0.25) is 4.90 Å². The standard InChI is InChI=1S/C14H28N2/c1-5-14(3,4)10-15-12-8-11(2)16(9-12)13-6-7-13/h11-13,15H,5-10H2,1-4H3. The van der Waals surface area contributed by atoms with E-state index in [1.807, 2.05) is 0 Å². The second-order valence-electron chi connectivity index (χ2n) is 6.61. The van der Waals surface area contributed by atoms with Gasteiger partial charge in [0.05, 0.1) is 0 Å². The Bertz CT molecular complexity index is 233. The van der Waals surface area contributed by atoms with E-state index in [0.717, 1.165) is 18.1 Å². The third kappa shape index (κ3) is 2.98. The van der Waals surface area contributed by atoms with Crippen molar-refractivity contribution in [1.82, 2.24) is 10.2 Å². The molecule has 0 aromatic rings. The maximum atomic E-state index is 3.77. The zero-order chi connectivity index (χ0) is 11.8. The molecule has 0 spiro atoms. The van der Waals surface area contributed by atoms with E-state index in [1.54, 1.807) is 0 Å². The predicted octanol–water partition coefficient (Wildman–Crippen LogP) is 2.64. The Labute approximate surface area is 101 Å². The highest BCUT2D eigenvalue weighted by molar-refractivity contribution is 4.96. The number of rotatable bonds is 5. The number of nitrogens with one attached hydrogen (secondary N) is 1. The molecule has 1 aliphatic heterocycles. The second kappa shape index (κ2) is 4.66. The molecule has 94 valence electrons. The molecule has 1 N–H and O–H groups in total. The van der Waals surface area contributed by atoms with Crippen molar-refractivity contribution >= 4 is 0 Å². The fourth-order valence-corrected chi connectivity index (χ4v) is 2.66. The fourth-order valence-electron chi connectivity index (χ4n) is 2.66. The molecular formula is C14H28N2. The lowest BCUT2D eigenvalue weighted by Gasteiger charge is -2.25. The van der Waals surface area contributed by atoms with E-state index >= 15 is 0 Å². The molecule has 2 atom stereocenters. The summed E-state index contributed by atoms with van der Waals surface area (Å²) in [7, 11) is 0. The van der Waals surface area contributed by atoms with Crippen LogP contribution < -0.4 is 5.32 Å². The van der Waals surface area contributed by atoms with E-state index in [0.29, 0.717) is 5.41 Å². The van der Waals surface area contributed by atoms with Crippen LogP contribution in [0.15, 0.2) is 0 Å². The number of hydrogen-bond acceptors (Lipinski definition) is 2. The molecule has 0 aromatic carbocycles. The Morgan fingerprint density at radius 2 is 2.00 bits per heavy atom. The summed E-state index contributed by atoms with van der Waals surface area (Å²) in [6, 6.07) is 2.47. The van der Waals surface area contributed by atoms with E-state index in [9.17, 15) is 0 Å². The molecule has 2 heteroatoms. The summed E-state index contributed by atoms with van der Waals surface area (Å²) in [4.78, 5) is 2.72. The van der Waals surface area contributed by atoms with E-state index in [-0.39, 0.29) is 0 Å². The van der Waals surface area contributed by atoms with Crippen LogP contribution in [0.3, 0.4) is 0 Å². The Balaban J connectivity index is 1.75. The summed E-state index contributed by atoms with van der Waals surface area (Å²) in [6.07, 6.45) is 5.49. The van der Waals surface area contributed by atoms with Crippen molar-refractivity contribution in [3.63, 3.8) is 0 Å². The SMILES string of the molecule is CCC(C)(C)CNC1CC(C)N(C2CC2)C1. The minimum atomic E-state index is 0.455. The molecule has 2 unspecified atom stereocenters. The Kier molecular flexibility index (Phi) is 3.60. The van der Waals surface area contributed by atoms with Crippen molar-refractivity contribution in [2.24, 2.45) is 5.41 Å². The number of hydrogen-bond donors (Lipinski definition) is 1. The zero-order valence-electron chi connectivity index (χ0n) is 11.4. The van der Waals surface area contributed by atoms with Crippen molar-refractivity contribution < 1.29 is 0 Å². The Morgan fingerprint density at radius 1 is 1.31 bits per heavy atom. The van der Waals surface area contributed by atoms with Crippen LogP contribution in [0.25, 0.3) is 0 Å². The first-order chi connectivity index (χ1) is 7.52. The van der Waals surface area contributed by atoms with Crippen molar-refractivity contribution in [1.29, 1.82) is 0 Å². The predicted molar refractivity (Wildman–Crippen MR) is 69.7 cm³/mol. The molecule has 1 aliphatic carbocycles. The molecule has 0 amide bonds. The Morgan fingerprint density at radius 3 is 2.56 bits per heavy atom. The van der Waals surface area contributed by atoms with Crippen molar-refractivity contribution in [2.45, 2.75) is 71.5 Å². The summed E-state index contributed by atoms with van der Waals surface area (Å²) < 4.78 is 0. The molecule has 0 aromatic heterocycles. The second-order valence-corrected chi connectivity index (χ2v) is 6.61. The highest BCUT2D eigenvalue weighted by Crippen LogP contribution is 2.33. The lowest BCUT2D eigenvalue weighted by Crippen LogP contribution is -2.39. The number of nitrogens with zero attached hydrogens (tertiary/aromatic N) is 1. The third-order valence-corrected chi connectivity index (χ3v) is 4.47. The van der Waals surface area contributed by atoms with Gasteiger partial charge in [0.2, 0.25) is 0 Å². The molecule has 2 aliphatic rings. The first kappa shape index (κ1) is 12.4. The largest absolute Gasteiger partial charge is 0.312 e. The lowest BCUT2D eigenvalue weighted by atomic mass is 9.90. The van der Waals surface area contributed by atoms with Crippen LogP contribution in [0, 0.1) is 5.41 Å². The van der Waals surface area contributed by atoms with Crippen LogP contribution in [-0.2, 0) is 0 Å². The van der Waals surface area contributed by atoms with Gasteiger partial charge in [0, 0.05) is 31.2 Å². The van der Waals surface area contributed by atoms with Gasteiger partial charge in [-0.05, 0) is 38.0 Å². The van der Waals surface area contributed by atoms with Crippen LogP contribution in [0.4, 0.5) is 0 Å². The van der Waals surface area contributed by atoms with E-state index in [1.165, 1.54) is 38.8 Å². The average Bonchev–Trinajstić information content (AvgIpc) is 3.01. The summed E-state index contributed by atoms with van der Waals surface area (Å²) >= 11 is 0. The maximum absolute atomic E-state index is 3.77. The van der Waals surface area contributed by atoms with Crippen LogP contribution in [0.5, 0.6) is 0 Å². The number of likely N-dealkylation sites (tertiary alicyclic amines) is 1. The van der Waals surface area contributed by atoms with Gasteiger partial charge in [-0.2, -0.15) is 0 Å². The first-order valence-electron chi connectivity index (χ1n) is 7.01. The van der Waals surface area contributed by atoms with Crippen molar-refractivity contribution in [3.05, 3.63) is 0 Å². The lowest BCUT2D eigenvalue weighted by molar-refractivity contribution is 0.251. The maximum Gasteiger partial charge on any atom is 0.0210 e. The fraction of sp³-hybridized carbons (Fsp3) is 1.00. The average molecular weight is 224 g/mol. The molecule has 2 fully saturated rings. The van der Waals surface area contributed by atoms with Crippen LogP contribution in [0.1, 0.15) is 53.4 Å². The molecule has 2 nitrogen and oxygen atoms in total. The van der Waals surface area contributed by atoms with Gasteiger partial charge in [-0.15, -0.1) is 0 Å². The van der Waals surface area contributed by atoms with Crippen LogP contribution in [-0.4, -0.2) is 36.1 Å². The molecule has 1 saturated carbocycles. The minimum absolute atomic E-state index is 0.455. The normalized spacial score (nSPS) is 32.2. The topological polar surface area (TPSA) is 15.3 Å². The molecule has 1 heterocycles. The third-order valence-electron chi connectivity index (χ3n) is 4.47. The van der Waals surface area contributed by atoms with E-state index in [2.05, 4.69) is 37.9 Å². The minimum Gasteiger partial charge on any atom is -0.312 e. The van der Waals surface area contributed by atoms with E-state index in [4.69, 9.17) is 0 Å². The van der Waals surface area contributed by atoms with E-state index < -0.39 is 0 Å². The van der Waals surface area contributed by atoms with Gasteiger partial charge < -0.3 is 5.32 Å². The van der Waals surface area contributed by atoms with Gasteiger partial charge in [0.15, 0.2) is 0 Å². The summed E-state index contributed by atoms with van der Waals surface area (Å²) in [5.41, 5.74) is 0.455. The quantitative estimate of drug-likeness (QED) is 0.772. The highest BCUT2D eigenvalue weighted by Gasteiger charge is 2.38. The summed E-state index contributed by atoms with van der Waals surface area (Å²) in [5.74, 6) is 0. The smallest absolute Gasteiger partial charge is 0.0210 e.